The molecule has 0 radical (unpaired) electrons. The number of hydrogen-bond donors (Lipinski definition) is 12. The Morgan fingerprint density at radius 1 is 0.612 bits per heavy atom. The number of aliphatic carboxylic acids is 1. The Hall–Kier alpha value is -6.39. The van der Waals surface area contributed by atoms with Crippen LogP contribution in [-0.4, -0.2) is 120 Å². The van der Waals surface area contributed by atoms with Crippen LogP contribution in [0.4, 0.5) is 5.69 Å². The molecule has 22 heteroatoms. The molecular weight excluding hydrogens is 909 g/mol. The fraction of sp³-hybridized carbons (Fsp3) is 0.444. The average molecular weight is 971 g/mol. The van der Waals surface area contributed by atoms with Crippen molar-refractivity contribution in [3.05, 3.63) is 89.5 Å². The van der Waals surface area contributed by atoms with Gasteiger partial charge >= 0.3 is 5.97 Å². The van der Waals surface area contributed by atoms with Crippen molar-refractivity contribution < 1.29 is 57.3 Å². The summed E-state index contributed by atoms with van der Waals surface area (Å²) >= 11 is 4.16. The van der Waals surface area contributed by atoms with Crippen molar-refractivity contribution in [3.8, 4) is 11.5 Å². The highest BCUT2D eigenvalue weighted by Gasteiger charge is 2.35. The minimum atomic E-state index is -3.62. The van der Waals surface area contributed by atoms with Crippen LogP contribution in [0.25, 0.3) is 0 Å². The van der Waals surface area contributed by atoms with E-state index in [0.29, 0.717) is 36.0 Å². The second kappa shape index (κ2) is 26.7. The van der Waals surface area contributed by atoms with Crippen LogP contribution in [-0.2, 0) is 62.8 Å². The lowest BCUT2D eigenvalue weighted by molar-refractivity contribution is -0.142. The van der Waals surface area contributed by atoms with Crippen molar-refractivity contribution >= 4 is 69.8 Å². The number of aromatic hydroxyl groups is 2. The summed E-state index contributed by atoms with van der Waals surface area (Å²) in [7, 11) is -3.62. The number of carboxylic acids is 1. The molecule has 6 amide bonds. The van der Waals surface area contributed by atoms with Crippen molar-refractivity contribution in [1.29, 1.82) is 0 Å². The lowest BCUT2D eigenvalue weighted by Gasteiger charge is -2.29. The number of phenols is 2. The number of rotatable bonds is 27. The number of hydrogen-bond acceptors (Lipinski definition) is 13. The number of phenolic OH excluding ortho intramolecular Hbond substituents is 2. The van der Waals surface area contributed by atoms with Crippen molar-refractivity contribution in [2.24, 2.45) is 11.7 Å². The number of nitrogens with one attached hydrogen (secondary N) is 7. The van der Waals surface area contributed by atoms with Crippen LogP contribution in [0.1, 0.15) is 63.1 Å². The summed E-state index contributed by atoms with van der Waals surface area (Å²) in [5.41, 5.74) is 7.40. The molecule has 3 aromatic carbocycles. The lowest BCUT2D eigenvalue weighted by Crippen LogP contribution is -2.61. The van der Waals surface area contributed by atoms with Crippen LogP contribution in [0.5, 0.6) is 11.5 Å². The van der Waals surface area contributed by atoms with E-state index in [1.54, 1.807) is 13.8 Å². The first-order valence-corrected chi connectivity index (χ1v) is 24.1. The van der Waals surface area contributed by atoms with E-state index in [-0.39, 0.29) is 55.2 Å². The Bertz CT molecular complexity index is 2270. The molecule has 0 bridgehead atoms. The fourth-order valence-electron chi connectivity index (χ4n) is 6.75. The predicted molar refractivity (Wildman–Crippen MR) is 253 cm³/mol. The van der Waals surface area contributed by atoms with Crippen molar-refractivity contribution in [3.63, 3.8) is 0 Å². The monoisotopic (exact) mass is 970 g/mol. The number of nitrogens with two attached hydrogens (primary N) is 1. The zero-order valence-electron chi connectivity index (χ0n) is 37.8. The first-order valence-electron chi connectivity index (χ1n) is 21.6. The number of amides is 6. The maximum atomic E-state index is 14.4. The number of carboxylic acid groups (broad SMARTS) is 1. The molecule has 0 fully saturated rings. The highest BCUT2D eigenvalue weighted by molar-refractivity contribution is 7.92. The normalized spacial score (nSPS) is 14.4. The maximum absolute atomic E-state index is 14.4. The number of anilines is 1. The molecule has 67 heavy (non-hydrogen) atoms. The number of thiol groups is 1. The van der Waals surface area contributed by atoms with E-state index in [1.165, 1.54) is 79.7 Å². The predicted octanol–water partition coefficient (Wildman–Crippen LogP) is 0.615. The fourth-order valence-corrected chi connectivity index (χ4v) is 7.57. The number of carbonyl (C=O) groups is 7. The molecule has 3 rings (SSSR count). The van der Waals surface area contributed by atoms with E-state index >= 15 is 0 Å². The van der Waals surface area contributed by atoms with Crippen LogP contribution in [0.2, 0.25) is 0 Å². The van der Waals surface area contributed by atoms with Gasteiger partial charge in [0.1, 0.15) is 47.8 Å². The molecular formula is C45H62N8O12S2. The van der Waals surface area contributed by atoms with Gasteiger partial charge in [0, 0.05) is 37.6 Å². The van der Waals surface area contributed by atoms with Gasteiger partial charge in [-0.2, -0.15) is 12.6 Å². The molecule has 0 aliphatic rings. The van der Waals surface area contributed by atoms with Crippen molar-refractivity contribution in [1.82, 2.24) is 31.9 Å². The largest absolute Gasteiger partial charge is 0.508 e. The van der Waals surface area contributed by atoms with E-state index in [0.717, 1.165) is 6.26 Å². The average Bonchev–Trinajstić information content (AvgIpc) is 3.27. The van der Waals surface area contributed by atoms with Crippen LogP contribution >= 0.6 is 12.6 Å². The Morgan fingerprint density at radius 3 is 1.46 bits per heavy atom. The first-order chi connectivity index (χ1) is 31.6. The number of sulfonamides is 1. The zero-order chi connectivity index (χ0) is 49.8. The Balaban J connectivity index is 1.99. The molecule has 366 valence electrons. The van der Waals surface area contributed by atoms with Gasteiger partial charge in [0.2, 0.25) is 45.5 Å². The molecule has 20 nitrogen and oxygen atoms in total. The SMILES string of the molecule is CC[C@H](C)[C@H](NC(=O)[C@H](CS)NC(C)=O)C(=O)N[C@@H](Cc1ccc(O)cc1)C(=O)N[C@@H](CCCCN)C(=O)N[C@@H](Cc1ccc(NS(C)(=O)=O)cc1)C(=O)N[C@@H](Cc1ccc(O)cc1)C(=O)O. The lowest BCUT2D eigenvalue weighted by atomic mass is 9.96. The van der Waals surface area contributed by atoms with Gasteiger partial charge < -0.3 is 53.0 Å². The van der Waals surface area contributed by atoms with Gasteiger partial charge in [0.15, 0.2) is 0 Å². The molecule has 7 atom stereocenters. The Labute approximate surface area is 395 Å². The second-order valence-corrected chi connectivity index (χ2v) is 18.3. The summed E-state index contributed by atoms with van der Waals surface area (Å²) in [5.74, 6) is -6.54. The maximum Gasteiger partial charge on any atom is 0.326 e. The Kier molecular flexibility index (Phi) is 21.9. The third kappa shape index (κ3) is 19.2. The topological polar surface area (TPSA) is 325 Å². The van der Waals surface area contributed by atoms with E-state index in [9.17, 15) is 57.3 Å². The summed E-state index contributed by atoms with van der Waals surface area (Å²) in [5, 5.41) is 45.4. The quantitative estimate of drug-likeness (QED) is 0.0369. The van der Waals surface area contributed by atoms with E-state index in [2.05, 4.69) is 49.3 Å². The van der Waals surface area contributed by atoms with Crippen LogP contribution < -0.4 is 42.4 Å². The van der Waals surface area contributed by atoms with Gasteiger partial charge in [0.25, 0.3) is 0 Å². The highest BCUT2D eigenvalue weighted by Crippen LogP contribution is 2.17. The molecule has 0 heterocycles. The molecule has 0 saturated heterocycles. The van der Waals surface area contributed by atoms with E-state index < -0.39 is 93.6 Å². The summed E-state index contributed by atoms with van der Waals surface area (Å²) in [6, 6.07) is 9.51. The van der Waals surface area contributed by atoms with Gasteiger partial charge in [-0.05, 0) is 84.8 Å². The molecule has 0 spiro atoms. The van der Waals surface area contributed by atoms with Crippen molar-refractivity contribution in [2.75, 3.05) is 23.3 Å². The first kappa shape index (κ1) is 54.9. The minimum absolute atomic E-state index is 0.00721. The van der Waals surface area contributed by atoms with E-state index in [4.69, 9.17) is 5.73 Å². The smallest absolute Gasteiger partial charge is 0.326 e. The highest BCUT2D eigenvalue weighted by atomic mass is 32.2. The van der Waals surface area contributed by atoms with Crippen LogP contribution in [0.3, 0.4) is 0 Å². The molecule has 0 aliphatic heterocycles. The van der Waals surface area contributed by atoms with Crippen LogP contribution in [0.15, 0.2) is 72.8 Å². The van der Waals surface area contributed by atoms with Gasteiger partial charge in [-0.25, -0.2) is 13.2 Å². The summed E-state index contributed by atoms with van der Waals surface area (Å²) in [6.07, 6.45) is 1.61. The molecule has 12 N–H and O–H groups in total. The van der Waals surface area contributed by atoms with Gasteiger partial charge in [-0.3, -0.25) is 33.5 Å². The zero-order valence-corrected chi connectivity index (χ0v) is 39.5. The number of unbranched alkanes of at least 4 members (excludes halogenated alkanes) is 1. The third-order valence-corrected chi connectivity index (χ3v) is 11.6. The molecule has 0 unspecified atom stereocenters. The number of carbonyl (C=O) groups excluding carboxylic acids is 6. The van der Waals surface area contributed by atoms with Crippen LogP contribution in [0, 0.1) is 5.92 Å². The van der Waals surface area contributed by atoms with Gasteiger partial charge in [-0.15, -0.1) is 0 Å². The summed E-state index contributed by atoms with van der Waals surface area (Å²) in [4.78, 5) is 94.2. The standard InChI is InChI=1S/C45H62N8O12S2/c1-5-26(2)39(52-43(60)38(25-66)47-27(3)54)44(61)50-36(23-29-11-17-32(55)18-12-29)41(58)48-34(8-6-7-21-46)40(57)49-35(22-28-9-15-31(16-10-28)53-67(4,64)65)42(59)51-37(45(62)63)24-30-13-19-33(56)20-14-30/h9-20,26,34-39,53,55-56,66H,5-8,21-25,46H2,1-4H3,(H,47,54)(H,48,58)(H,49,57)(H,50,61)(H,51,59)(H,52,60)(H,62,63)/t26-,34-,35-,36-,37-,38-,39-/m0/s1. The molecule has 0 aromatic heterocycles. The van der Waals surface area contributed by atoms with Crippen molar-refractivity contribution in [2.45, 2.75) is 102 Å². The van der Waals surface area contributed by atoms with Gasteiger partial charge in [-0.1, -0.05) is 56.7 Å². The molecule has 0 aliphatic carbocycles. The third-order valence-electron chi connectivity index (χ3n) is 10.6. The molecule has 0 saturated carbocycles. The number of benzene rings is 3. The minimum Gasteiger partial charge on any atom is -0.508 e. The summed E-state index contributed by atoms with van der Waals surface area (Å²) in [6.45, 7) is 4.98. The summed E-state index contributed by atoms with van der Waals surface area (Å²) < 4.78 is 26.0. The second-order valence-electron chi connectivity index (χ2n) is 16.2. The molecule has 3 aromatic rings. The van der Waals surface area contributed by atoms with Gasteiger partial charge in [0.05, 0.1) is 6.26 Å². The van der Waals surface area contributed by atoms with E-state index in [1.807, 2.05) is 0 Å². The Morgan fingerprint density at radius 2 is 1.03 bits per heavy atom.